The summed E-state index contributed by atoms with van der Waals surface area (Å²) in [7, 11) is 0. The Hall–Kier alpha value is -0.530. The second kappa shape index (κ2) is 4.77. The van der Waals surface area contributed by atoms with Gasteiger partial charge in [0.15, 0.2) is 0 Å². The smallest absolute Gasteiger partial charge is 0.0406 e. The van der Waals surface area contributed by atoms with Gasteiger partial charge in [-0.3, -0.25) is 0 Å². The third-order valence-corrected chi connectivity index (χ3v) is 3.74. The van der Waals surface area contributed by atoms with Crippen LogP contribution < -0.4 is 5.32 Å². The third-order valence-electron chi connectivity index (χ3n) is 3.49. The Morgan fingerprint density at radius 3 is 2.25 bits per heavy atom. The fraction of sp³-hybridized carbons (Fsp3) is 0.571. The minimum Gasteiger partial charge on any atom is -0.305 e. The quantitative estimate of drug-likeness (QED) is 0.835. The van der Waals surface area contributed by atoms with Gasteiger partial charge in [0.2, 0.25) is 0 Å². The SMILES string of the molecule is CC(C)(NC1CCCC1)c1ccc(Cl)cc1. The first kappa shape index (κ1) is 11.9. The Labute approximate surface area is 103 Å². The molecule has 1 saturated carbocycles. The van der Waals surface area contributed by atoms with Gasteiger partial charge < -0.3 is 5.32 Å². The maximum atomic E-state index is 5.91. The van der Waals surface area contributed by atoms with E-state index in [1.54, 1.807) is 0 Å². The molecule has 2 heteroatoms. The van der Waals surface area contributed by atoms with Crippen molar-refractivity contribution in [1.82, 2.24) is 5.32 Å². The first-order valence-electron chi connectivity index (χ1n) is 6.12. The summed E-state index contributed by atoms with van der Waals surface area (Å²) in [6, 6.07) is 8.85. The number of benzene rings is 1. The van der Waals surface area contributed by atoms with Gasteiger partial charge in [-0.1, -0.05) is 36.6 Å². The largest absolute Gasteiger partial charge is 0.305 e. The van der Waals surface area contributed by atoms with Crippen LogP contribution in [0.15, 0.2) is 24.3 Å². The molecule has 1 fully saturated rings. The van der Waals surface area contributed by atoms with E-state index in [0.717, 1.165) is 5.02 Å². The molecule has 1 aliphatic rings. The zero-order valence-electron chi connectivity index (χ0n) is 10.1. The lowest BCUT2D eigenvalue weighted by Gasteiger charge is -2.30. The molecule has 0 saturated heterocycles. The minimum absolute atomic E-state index is 0.0413. The normalized spacial score (nSPS) is 17.9. The standard InChI is InChI=1S/C14H20ClN/c1-14(2,16-13-5-3-4-6-13)11-7-9-12(15)10-8-11/h7-10,13,16H,3-6H2,1-2H3. The number of rotatable bonds is 3. The number of hydrogen-bond acceptors (Lipinski definition) is 1. The zero-order chi connectivity index (χ0) is 11.6. The van der Waals surface area contributed by atoms with Gasteiger partial charge in [-0.05, 0) is 44.4 Å². The van der Waals surface area contributed by atoms with Gasteiger partial charge in [0, 0.05) is 16.6 Å². The summed E-state index contributed by atoms with van der Waals surface area (Å²) in [5, 5.41) is 4.55. The van der Waals surface area contributed by atoms with Crippen LogP contribution >= 0.6 is 11.6 Å². The molecular weight excluding hydrogens is 218 g/mol. The Balaban J connectivity index is 2.07. The van der Waals surface area contributed by atoms with Crippen LogP contribution in [0.2, 0.25) is 5.02 Å². The Morgan fingerprint density at radius 1 is 1.12 bits per heavy atom. The molecule has 1 aliphatic carbocycles. The van der Waals surface area contributed by atoms with Gasteiger partial charge in [-0.2, -0.15) is 0 Å². The molecule has 0 amide bonds. The van der Waals surface area contributed by atoms with Crippen molar-refractivity contribution in [3.05, 3.63) is 34.9 Å². The average molecular weight is 238 g/mol. The van der Waals surface area contributed by atoms with Crippen molar-refractivity contribution in [3.63, 3.8) is 0 Å². The van der Waals surface area contributed by atoms with Crippen LogP contribution in [0.25, 0.3) is 0 Å². The fourth-order valence-electron chi connectivity index (χ4n) is 2.53. The summed E-state index contributed by atoms with van der Waals surface area (Å²) in [5.74, 6) is 0. The maximum absolute atomic E-state index is 5.91. The van der Waals surface area contributed by atoms with Crippen LogP contribution in [0.4, 0.5) is 0 Å². The first-order chi connectivity index (χ1) is 7.58. The van der Waals surface area contributed by atoms with Crippen LogP contribution in [0.1, 0.15) is 45.1 Å². The van der Waals surface area contributed by atoms with Crippen LogP contribution in [-0.4, -0.2) is 6.04 Å². The lowest BCUT2D eigenvalue weighted by atomic mass is 9.93. The highest BCUT2D eigenvalue weighted by atomic mass is 35.5. The van der Waals surface area contributed by atoms with Crippen molar-refractivity contribution in [2.45, 2.75) is 51.1 Å². The number of halogens is 1. The molecule has 0 radical (unpaired) electrons. The molecule has 1 aromatic carbocycles. The van der Waals surface area contributed by atoms with E-state index in [1.165, 1.54) is 31.2 Å². The van der Waals surface area contributed by atoms with Crippen LogP contribution in [0.3, 0.4) is 0 Å². The first-order valence-corrected chi connectivity index (χ1v) is 6.49. The lowest BCUT2D eigenvalue weighted by molar-refractivity contribution is 0.342. The monoisotopic (exact) mass is 237 g/mol. The average Bonchev–Trinajstić information content (AvgIpc) is 2.70. The molecule has 0 bridgehead atoms. The molecule has 0 heterocycles. The van der Waals surface area contributed by atoms with Crippen LogP contribution in [0.5, 0.6) is 0 Å². The van der Waals surface area contributed by atoms with Gasteiger partial charge in [0.25, 0.3) is 0 Å². The molecule has 1 N–H and O–H groups in total. The summed E-state index contributed by atoms with van der Waals surface area (Å²) in [5.41, 5.74) is 1.35. The molecule has 0 unspecified atom stereocenters. The van der Waals surface area contributed by atoms with Gasteiger partial charge in [-0.25, -0.2) is 0 Å². The van der Waals surface area contributed by atoms with Crippen molar-refractivity contribution >= 4 is 11.6 Å². The van der Waals surface area contributed by atoms with Crippen LogP contribution in [-0.2, 0) is 5.54 Å². The summed E-state index contributed by atoms with van der Waals surface area (Å²) in [6.45, 7) is 4.49. The molecule has 0 atom stereocenters. The number of hydrogen-bond donors (Lipinski definition) is 1. The topological polar surface area (TPSA) is 12.0 Å². The van der Waals surface area contributed by atoms with E-state index < -0.39 is 0 Å². The molecule has 2 rings (SSSR count). The van der Waals surface area contributed by atoms with Crippen LogP contribution in [0, 0.1) is 0 Å². The highest BCUT2D eigenvalue weighted by molar-refractivity contribution is 6.30. The summed E-state index contributed by atoms with van der Waals surface area (Å²) in [4.78, 5) is 0. The minimum atomic E-state index is 0.0413. The molecule has 0 aromatic heterocycles. The molecule has 1 nitrogen and oxygen atoms in total. The van der Waals surface area contributed by atoms with E-state index in [1.807, 2.05) is 12.1 Å². The molecule has 0 spiro atoms. The molecular formula is C14H20ClN. The van der Waals surface area contributed by atoms with E-state index >= 15 is 0 Å². The summed E-state index contributed by atoms with van der Waals surface area (Å²) < 4.78 is 0. The second-order valence-electron chi connectivity index (χ2n) is 5.26. The zero-order valence-corrected chi connectivity index (χ0v) is 10.8. The Morgan fingerprint density at radius 2 is 1.69 bits per heavy atom. The van der Waals surface area contributed by atoms with E-state index in [9.17, 15) is 0 Å². The Bertz CT molecular complexity index is 336. The molecule has 88 valence electrons. The second-order valence-corrected chi connectivity index (χ2v) is 5.69. The number of nitrogens with one attached hydrogen (secondary N) is 1. The molecule has 1 aromatic rings. The predicted molar refractivity (Wildman–Crippen MR) is 69.9 cm³/mol. The lowest BCUT2D eigenvalue weighted by Crippen LogP contribution is -2.42. The van der Waals surface area contributed by atoms with Gasteiger partial charge in [-0.15, -0.1) is 0 Å². The van der Waals surface area contributed by atoms with Crippen molar-refractivity contribution in [1.29, 1.82) is 0 Å². The van der Waals surface area contributed by atoms with Crippen molar-refractivity contribution in [2.24, 2.45) is 0 Å². The van der Waals surface area contributed by atoms with Crippen molar-refractivity contribution < 1.29 is 0 Å². The van der Waals surface area contributed by atoms with Crippen molar-refractivity contribution in [3.8, 4) is 0 Å². The van der Waals surface area contributed by atoms with Gasteiger partial charge >= 0.3 is 0 Å². The molecule has 0 aliphatic heterocycles. The highest BCUT2D eigenvalue weighted by Gasteiger charge is 2.25. The van der Waals surface area contributed by atoms with E-state index in [2.05, 4.69) is 31.3 Å². The van der Waals surface area contributed by atoms with E-state index in [4.69, 9.17) is 11.6 Å². The summed E-state index contributed by atoms with van der Waals surface area (Å²) in [6.07, 6.45) is 5.37. The van der Waals surface area contributed by atoms with E-state index in [0.29, 0.717) is 6.04 Å². The Kier molecular flexibility index (Phi) is 3.56. The fourth-order valence-corrected chi connectivity index (χ4v) is 2.66. The van der Waals surface area contributed by atoms with Gasteiger partial charge in [0.05, 0.1) is 0 Å². The summed E-state index contributed by atoms with van der Waals surface area (Å²) >= 11 is 5.91. The van der Waals surface area contributed by atoms with Crippen molar-refractivity contribution in [2.75, 3.05) is 0 Å². The predicted octanol–water partition coefficient (Wildman–Crippen LogP) is 4.11. The maximum Gasteiger partial charge on any atom is 0.0406 e. The highest BCUT2D eigenvalue weighted by Crippen LogP contribution is 2.26. The third kappa shape index (κ3) is 2.78. The molecule has 16 heavy (non-hydrogen) atoms. The van der Waals surface area contributed by atoms with Gasteiger partial charge in [0.1, 0.15) is 0 Å². The van der Waals surface area contributed by atoms with E-state index in [-0.39, 0.29) is 5.54 Å².